The maximum atomic E-state index is 11.1. The Morgan fingerprint density at radius 1 is 1.40 bits per heavy atom. The quantitative estimate of drug-likeness (QED) is 0.688. The van der Waals surface area contributed by atoms with Crippen LogP contribution in [0, 0.1) is 0 Å². The number of hydrogen-bond acceptors (Lipinski definition) is 4. The van der Waals surface area contributed by atoms with Gasteiger partial charge in [-0.25, -0.2) is 0 Å². The van der Waals surface area contributed by atoms with Gasteiger partial charge >= 0.3 is 5.97 Å². The van der Waals surface area contributed by atoms with E-state index >= 15 is 0 Å². The van der Waals surface area contributed by atoms with Crippen LogP contribution in [0.3, 0.4) is 0 Å². The van der Waals surface area contributed by atoms with Crippen molar-refractivity contribution in [3.05, 3.63) is 23.8 Å². The Morgan fingerprint density at radius 3 is 2.67 bits per heavy atom. The summed E-state index contributed by atoms with van der Waals surface area (Å²) in [6.45, 7) is 1.75. The van der Waals surface area contributed by atoms with E-state index in [0.29, 0.717) is 18.4 Å². The summed E-state index contributed by atoms with van der Waals surface area (Å²) in [5.74, 6) is -0.318. The van der Waals surface area contributed by atoms with E-state index < -0.39 is 5.60 Å². The topological polar surface area (TPSA) is 66.8 Å². The SMILES string of the molecule is CC1(c2ccc(O)cc2O)CCC(=O)O1. The number of carbonyl (C=O) groups is 1. The van der Waals surface area contributed by atoms with Gasteiger partial charge in [-0.3, -0.25) is 4.79 Å². The van der Waals surface area contributed by atoms with Crippen molar-refractivity contribution in [1.29, 1.82) is 0 Å². The number of hydrogen-bond donors (Lipinski definition) is 2. The van der Waals surface area contributed by atoms with Gasteiger partial charge in [-0.15, -0.1) is 0 Å². The molecule has 1 aromatic carbocycles. The lowest BCUT2D eigenvalue weighted by atomic mass is 9.92. The van der Waals surface area contributed by atoms with Crippen molar-refractivity contribution in [2.24, 2.45) is 0 Å². The average molecular weight is 208 g/mol. The number of rotatable bonds is 1. The highest BCUT2D eigenvalue weighted by atomic mass is 16.6. The molecule has 0 aromatic heterocycles. The lowest BCUT2D eigenvalue weighted by molar-refractivity contribution is -0.147. The van der Waals surface area contributed by atoms with Crippen LogP contribution in [0.2, 0.25) is 0 Å². The third kappa shape index (κ3) is 1.63. The van der Waals surface area contributed by atoms with E-state index in [2.05, 4.69) is 0 Å². The predicted octanol–water partition coefficient (Wildman–Crippen LogP) is 1.65. The van der Waals surface area contributed by atoms with Gasteiger partial charge in [0.15, 0.2) is 0 Å². The molecule has 0 aliphatic carbocycles. The minimum atomic E-state index is -0.769. The Labute approximate surface area is 87.1 Å². The van der Waals surface area contributed by atoms with Crippen LogP contribution in [0.25, 0.3) is 0 Å². The molecule has 0 saturated carbocycles. The van der Waals surface area contributed by atoms with E-state index in [1.165, 1.54) is 12.1 Å². The molecule has 4 nitrogen and oxygen atoms in total. The largest absolute Gasteiger partial charge is 0.508 e. The second-order valence-corrected chi connectivity index (χ2v) is 3.91. The van der Waals surface area contributed by atoms with Gasteiger partial charge in [0.1, 0.15) is 17.1 Å². The molecule has 80 valence electrons. The van der Waals surface area contributed by atoms with E-state index in [9.17, 15) is 9.90 Å². The predicted molar refractivity (Wildman–Crippen MR) is 52.4 cm³/mol. The molecule has 1 aliphatic rings. The van der Waals surface area contributed by atoms with Crippen LogP contribution in [0.15, 0.2) is 18.2 Å². The lowest BCUT2D eigenvalue weighted by Crippen LogP contribution is -2.20. The molecule has 0 bridgehead atoms. The van der Waals surface area contributed by atoms with Crippen LogP contribution in [0.4, 0.5) is 0 Å². The number of phenols is 2. The third-order valence-corrected chi connectivity index (χ3v) is 2.70. The molecule has 1 heterocycles. The number of cyclic esters (lactones) is 1. The van der Waals surface area contributed by atoms with Crippen molar-refractivity contribution in [2.75, 3.05) is 0 Å². The van der Waals surface area contributed by atoms with Gasteiger partial charge < -0.3 is 14.9 Å². The maximum absolute atomic E-state index is 11.1. The summed E-state index contributed by atoms with van der Waals surface area (Å²) in [5.41, 5.74) is -0.236. The monoisotopic (exact) mass is 208 g/mol. The van der Waals surface area contributed by atoms with Crippen LogP contribution in [0.1, 0.15) is 25.3 Å². The Bertz CT molecular complexity index is 413. The molecule has 1 aliphatic heterocycles. The second-order valence-electron chi connectivity index (χ2n) is 3.91. The van der Waals surface area contributed by atoms with Crippen molar-refractivity contribution in [1.82, 2.24) is 0 Å². The molecular formula is C11H12O4. The Hall–Kier alpha value is -1.71. The van der Waals surface area contributed by atoms with E-state index in [1.54, 1.807) is 13.0 Å². The molecule has 1 atom stereocenters. The van der Waals surface area contributed by atoms with Crippen LogP contribution in [-0.4, -0.2) is 16.2 Å². The lowest BCUT2D eigenvalue weighted by Gasteiger charge is -2.23. The molecule has 15 heavy (non-hydrogen) atoms. The van der Waals surface area contributed by atoms with Crippen molar-refractivity contribution in [3.63, 3.8) is 0 Å². The van der Waals surface area contributed by atoms with E-state index in [-0.39, 0.29) is 17.5 Å². The number of ether oxygens (including phenoxy) is 1. The van der Waals surface area contributed by atoms with E-state index in [4.69, 9.17) is 9.84 Å². The van der Waals surface area contributed by atoms with Gasteiger partial charge in [-0.05, 0) is 19.1 Å². The highest BCUT2D eigenvalue weighted by Gasteiger charge is 2.39. The first-order chi connectivity index (χ1) is 7.01. The molecule has 1 saturated heterocycles. The zero-order valence-electron chi connectivity index (χ0n) is 8.36. The fourth-order valence-corrected chi connectivity index (χ4v) is 1.85. The summed E-state index contributed by atoms with van der Waals surface area (Å²) in [4.78, 5) is 11.1. The second kappa shape index (κ2) is 3.15. The molecule has 1 unspecified atom stereocenters. The number of esters is 1. The third-order valence-electron chi connectivity index (χ3n) is 2.70. The summed E-state index contributed by atoms with van der Waals surface area (Å²) in [6, 6.07) is 4.28. The number of carbonyl (C=O) groups excluding carboxylic acids is 1. The highest BCUT2D eigenvalue weighted by molar-refractivity contribution is 5.72. The van der Waals surface area contributed by atoms with Crippen molar-refractivity contribution in [3.8, 4) is 11.5 Å². The molecule has 1 aromatic rings. The minimum absolute atomic E-state index is 0.0100. The molecule has 1 fully saturated rings. The molecule has 0 amide bonds. The average Bonchev–Trinajstić information content (AvgIpc) is 2.46. The minimum Gasteiger partial charge on any atom is -0.508 e. The molecular weight excluding hydrogens is 196 g/mol. The summed E-state index contributed by atoms with van der Waals surface area (Å²) in [5, 5.41) is 18.8. The summed E-state index contributed by atoms with van der Waals surface area (Å²) < 4.78 is 5.17. The fourth-order valence-electron chi connectivity index (χ4n) is 1.85. The van der Waals surface area contributed by atoms with Crippen molar-refractivity contribution < 1.29 is 19.7 Å². The normalized spacial score (nSPS) is 25.3. The van der Waals surface area contributed by atoms with Crippen LogP contribution in [0.5, 0.6) is 11.5 Å². The van der Waals surface area contributed by atoms with Gasteiger partial charge in [0, 0.05) is 24.5 Å². The van der Waals surface area contributed by atoms with Crippen molar-refractivity contribution in [2.45, 2.75) is 25.4 Å². The van der Waals surface area contributed by atoms with Gasteiger partial charge in [-0.2, -0.15) is 0 Å². The summed E-state index contributed by atoms with van der Waals surface area (Å²) >= 11 is 0. The summed E-state index contributed by atoms with van der Waals surface area (Å²) in [7, 11) is 0. The fraction of sp³-hybridized carbons (Fsp3) is 0.364. The Kier molecular flexibility index (Phi) is 2.07. The van der Waals surface area contributed by atoms with E-state index in [1.807, 2.05) is 0 Å². The number of aromatic hydroxyl groups is 2. The van der Waals surface area contributed by atoms with Crippen LogP contribution < -0.4 is 0 Å². The standard InChI is InChI=1S/C11H12O4/c1-11(5-4-10(14)15-11)8-3-2-7(12)6-9(8)13/h2-3,6,12-13H,4-5H2,1H3. The number of benzene rings is 1. The first kappa shape index (κ1) is 9.83. The molecule has 2 N–H and O–H groups in total. The maximum Gasteiger partial charge on any atom is 0.306 e. The smallest absolute Gasteiger partial charge is 0.306 e. The van der Waals surface area contributed by atoms with Gasteiger partial charge in [-0.1, -0.05) is 0 Å². The zero-order chi connectivity index (χ0) is 11.1. The number of phenolic OH excluding ortho intramolecular Hbond substituents is 2. The molecule has 0 radical (unpaired) electrons. The summed E-state index contributed by atoms with van der Waals surface area (Å²) in [6.07, 6.45) is 0.904. The van der Waals surface area contributed by atoms with Crippen LogP contribution >= 0.6 is 0 Å². The molecule has 0 spiro atoms. The van der Waals surface area contributed by atoms with E-state index in [0.717, 1.165) is 0 Å². The Morgan fingerprint density at radius 2 is 2.13 bits per heavy atom. The van der Waals surface area contributed by atoms with Crippen LogP contribution in [-0.2, 0) is 15.1 Å². The molecule has 4 heteroatoms. The first-order valence-electron chi connectivity index (χ1n) is 4.75. The zero-order valence-corrected chi connectivity index (χ0v) is 8.36. The Balaban J connectivity index is 2.41. The first-order valence-corrected chi connectivity index (χ1v) is 4.75. The van der Waals surface area contributed by atoms with Gasteiger partial charge in [0.2, 0.25) is 0 Å². The highest BCUT2D eigenvalue weighted by Crippen LogP contribution is 2.41. The van der Waals surface area contributed by atoms with Gasteiger partial charge in [0.25, 0.3) is 0 Å². The van der Waals surface area contributed by atoms with Crippen molar-refractivity contribution >= 4 is 5.97 Å². The van der Waals surface area contributed by atoms with Gasteiger partial charge in [0.05, 0.1) is 0 Å². The molecule has 2 rings (SSSR count).